The lowest BCUT2D eigenvalue weighted by Crippen LogP contribution is -2.41. The van der Waals surface area contributed by atoms with E-state index in [0.717, 1.165) is 6.07 Å². The minimum atomic E-state index is -1.14. The lowest BCUT2D eigenvalue weighted by atomic mass is 10.0. The molecule has 0 unspecified atom stereocenters. The van der Waals surface area contributed by atoms with Gasteiger partial charge in [-0.2, -0.15) is 0 Å². The van der Waals surface area contributed by atoms with Crippen LogP contribution in [0.4, 0.5) is 10.1 Å². The van der Waals surface area contributed by atoms with Crippen molar-refractivity contribution >= 4 is 23.5 Å². The first-order valence-electron chi connectivity index (χ1n) is 6.81. The third-order valence-electron chi connectivity index (χ3n) is 2.85. The molecular weight excluding hydrogens is 291 g/mol. The number of hydrogen-bond donors (Lipinski definition) is 3. The van der Waals surface area contributed by atoms with E-state index in [1.54, 1.807) is 0 Å². The van der Waals surface area contributed by atoms with Crippen LogP contribution in [0.1, 0.15) is 37.6 Å². The zero-order valence-corrected chi connectivity index (χ0v) is 12.6. The van der Waals surface area contributed by atoms with Gasteiger partial charge in [-0.25, -0.2) is 9.18 Å². The number of carbonyl (C=O) groups excluding carboxylic acids is 2. The van der Waals surface area contributed by atoms with Crippen LogP contribution in [0.15, 0.2) is 18.2 Å². The maximum absolute atomic E-state index is 13.8. The number of aliphatic carboxylic acids is 1. The van der Waals surface area contributed by atoms with Gasteiger partial charge in [0.1, 0.15) is 11.9 Å². The Balaban J connectivity index is 2.86. The molecule has 3 N–H and O–H groups in total. The second-order valence-corrected chi connectivity index (χ2v) is 5.37. The molecule has 7 heteroatoms. The predicted octanol–water partition coefficient (Wildman–Crippen LogP) is 2.01. The summed E-state index contributed by atoms with van der Waals surface area (Å²) in [7, 11) is 0. The monoisotopic (exact) mass is 310 g/mol. The van der Waals surface area contributed by atoms with Crippen LogP contribution in [0.25, 0.3) is 0 Å². The molecule has 0 spiro atoms. The van der Waals surface area contributed by atoms with E-state index < -0.39 is 29.6 Å². The SMILES string of the molecule is CC(=O)Nc1ccc(C(=O)N[C@@H](CC(C)C)C(=O)O)cc1F. The molecule has 22 heavy (non-hydrogen) atoms. The number of amides is 2. The van der Waals surface area contributed by atoms with Crippen LogP contribution >= 0.6 is 0 Å². The highest BCUT2D eigenvalue weighted by molar-refractivity contribution is 5.97. The Morgan fingerprint density at radius 3 is 2.36 bits per heavy atom. The van der Waals surface area contributed by atoms with Crippen LogP contribution in [0.3, 0.4) is 0 Å². The molecule has 0 aliphatic heterocycles. The number of benzene rings is 1. The fourth-order valence-corrected chi connectivity index (χ4v) is 1.88. The zero-order chi connectivity index (χ0) is 16.9. The van der Waals surface area contributed by atoms with E-state index in [9.17, 15) is 18.8 Å². The Labute approximate surface area is 127 Å². The number of carboxylic acids is 1. The topological polar surface area (TPSA) is 95.5 Å². The fourth-order valence-electron chi connectivity index (χ4n) is 1.88. The van der Waals surface area contributed by atoms with Crippen molar-refractivity contribution in [1.29, 1.82) is 0 Å². The molecule has 0 saturated heterocycles. The van der Waals surface area contributed by atoms with Crippen molar-refractivity contribution in [2.45, 2.75) is 33.2 Å². The Morgan fingerprint density at radius 2 is 1.91 bits per heavy atom. The third-order valence-corrected chi connectivity index (χ3v) is 2.85. The highest BCUT2D eigenvalue weighted by atomic mass is 19.1. The van der Waals surface area contributed by atoms with E-state index in [4.69, 9.17) is 5.11 Å². The van der Waals surface area contributed by atoms with Crippen molar-refractivity contribution in [3.63, 3.8) is 0 Å². The molecule has 0 aromatic heterocycles. The van der Waals surface area contributed by atoms with Crippen LogP contribution in [0.2, 0.25) is 0 Å². The van der Waals surface area contributed by atoms with Gasteiger partial charge >= 0.3 is 5.97 Å². The average molecular weight is 310 g/mol. The quantitative estimate of drug-likeness (QED) is 0.749. The smallest absolute Gasteiger partial charge is 0.326 e. The Morgan fingerprint density at radius 1 is 1.27 bits per heavy atom. The van der Waals surface area contributed by atoms with Gasteiger partial charge in [0.25, 0.3) is 5.91 Å². The minimum Gasteiger partial charge on any atom is -0.480 e. The minimum absolute atomic E-state index is 0.0124. The third kappa shape index (κ3) is 5.16. The van der Waals surface area contributed by atoms with Crippen LogP contribution in [-0.4, -0.2) is 28.9 Å². The second kappa shape index (κ2) is 7.53. The van der Waals surface area contributed by atoms with Gasteiger partial charge in [-0.1, -0.05) is 13.8 Å². The lowest BCUT2D eigenvalue weighted by Gasteiger charge is -2.16. The molecule has 0 aliphatic rings. The molecule has 0 saturated carbocycles. The molecule has 2 amide bonds. The number of anilines is 1. The Bertz CT molecular complexity index is 587. The molecular formula is C15H19FN2O4. The van der Waals surface area contributed by atoms with E-state index in [0.29, 0.717) is 0 Å². The molecule has 1 aromatic rings. The largest absolute Gasteiger partial charge is 0.480 e. The van der Waals surface area contributed by atoms with E-state index >= 15 is 0 Å². The van der Waals surface area contributed by atoms with Gasteiger partial charge in [-0.3, -0.25) is 9.59 Å². The van der Waals surface area contributed by atoms with Crippen LogP contribution in [0, 0.1) is 11.7 Å². The van der Waals surface area contributed by atoms with Crippen molar-refractivity contribution in [3.8, 4) is 0 Å². The van der Waals surface area contributed by atoms with E-state index in [1.807, 2.05) is 13.8 Å². The lowest BCUT2D eigenvalue weighted by molar-refractivity contribution is -0.139. The molecule has 1 atom stereocenters. The van der Waals surface area contributed by atoms with Gasteiger partial charge in [-0.05, 0) is 30.5 Å². The van der Waals surface area contributed by atoms with Crippen LogP contribution in [0.5, 0.6) is 0 Å². The molecule has 6 nitrogen and oxygen atoms in total. The molecule has 1 aromatic carbocycles. The summed E-state index contributed by atoms with van der Waals surface area (Å²) >= 11 is 0. The number of nitrogens with one attached hydrogen (secondary N) is 2. The highest BCUT2D eigenvalue weighted by Gasteiger charge is 2.22. The maximum Gasteiger partial charge on any atom is 0.326 e. The Kier molecular flexibility index (Phi) is 6.03. The first-order valence-corrected chi connectivity index (χ1v) is 6.81. The summed E-state index contributed by atoms with van der Waals surface area (Å²) < 4.78 is 13.8. The number of carbonyl (C=O) groups is 3. The van der Waals surface area contributed by atoms with Crippen LogP contribution in [-0.2, 0) is 9.59 Å². The predicted molar refractivity (Wildman–Crippen MR) is 79.0 cm³/mol. The van der Waals surface area contributed by atoms with E-state index in [1.165, 1.54) is 19.1 Å². The summed E-state index contributed by atoms with van der Waals surface area (Å²) in [5.41, 5.74) is -0.0531. The van der Waals surface area contributed by atoms with Gasteiger partial charge in [0, 0.05) is 12.5 Å². The van der Waals surface area contributed by atoms with Gasteiger partial charge in [0.2, 0.25) is 5.91 Å². The van der Waals surface area contributed by atoms with Crippen molar-refractivity contribution < 1.29 is 23.9 Å². The summed E-state index contributed by atoms with van der Waals surface area (Å²) in [4.78, 5) is 34.0. The van der Waals surface area contributed by atoms with Crippen molar-refractivity contribution in [2.75, 3.05) is 5.32 Å². The average Bonchev–Trinajstić information content (AvgIpc) is 2.39. The molecule has 1 rings (SSSR count). The normalized spacial score (nSPS) is 11.9. The van der Waals surface area contributed by atoms with E-state index in [2.05, 4.69) is 10.6 Å². The summed E-state index contributed by atoms with van der Waals surface area (Å²) in [6, 6.07) is 2.49. The Hall–Kier alpha value is -2.44. The number of rotatable bonds is 6. The van der Waals surface area contributed by atoms with Gasteiger partial charge in [-0.15, -0.1) is 0 Å². The molecule has 0 heterocycles. The summed E-state index contributed by atoms with van der Waals surface area (Å²) in [5, 5.41) is 13.7. The number of hydrogen-bond acceptors (Lipinski definition) is 3. The van der Waals surface area contributed by atoms with Gasteiger partial charge in [0.15, 0.2) is 0 Å². The molecule has 0 radical (unpaired) electrons. The van der Waals surface area contributed by atoms with E-state index in [-0.39, 0.29) is 23.6 Å². The number of halogens is 1. The molecule has 120 valence electrons. The second-order valence-electron chi connectivity index (χ2n) is 5.37. The molecule has 0 fully saturated rings. The highest BCUT2D eigenvalue weighted by Crippen LogP contribution is 2.16. The maximum atomic E-state index is 13.8. The molecule has 0 aliphatic carbocycles. The standard InChI is InChI=1S/C15H19FN2O4/c1-8(2)6-13(15(21)22)18-14(20)10-4-5-12(11(16)7-10)17-9(3)19/h4-5,7-8,13H,6H2,1-3H3,(H,17,19)(H,18,20)(H,21,22)/t13-/m0/s1. The van der Waals surface area contributed by atoms with Crippen LogP contribution < -0.4 is 10.6 Å². The first kappa shape index (κ1) is 17.6. The molecule has 0 bridgehead atoms. The summed E-state index contributed by atoms with van der Waals surface area (Å²) in [5.74, 6) is -2.93. The fraction of sp³-hybridized carbons (Fsp3) is 0.400. The van der Waals surface area contributed by atoms with Crippen molar-refractivity contribution in [2.24, 2.45) is 5.92 Å². The first-order chi connectivity index (χ1) is 10.2. The zero-order valence-electron chi connectivity index (χ0n) is 12.6. The van der Waals surface area contributed by atoms with Gasteiger partial charge in [0.05, 0.1) is 5.69 Å². The summed E-state index contributed by atoms with van der Waals surface area (Å²) in [6.07, 6.45) is 0.271. The number of carboxylic acid groups (broad SMARTS) is 1. The van der Waals surface area contributed by atoms with Crippen molar-refractivity contribution in [1.82, 2.24) is 5.32 Å². The summed E-state index contributed by atoms with van der Waals surface area (Å²) in [6.45, 7) is 4.91. The van der Waals surface area contributed by atoms with Gasteiger partial charge < -0.3 is 15.7 Å². The van der Waals surface area contributed by atoms with Crippen molar-refractivity contribution in [3.05, 3.63) is 29.6 Å².